The molecule has 1 aromatic rings. The van der Waals surface area contributed by atoms with Crippen molar-refractivity contribution >= 4 is 29.3 Å². The molecule has 7 heteroatoms. The highest BCUT2D eigenvalue weighted by Crippen LogP contribution is 2.22. The number of halogens is 1. The normalized spacial score (nSPS) is 10.0. The first-order valence-electron chi connectivity index (χ1n) is 5.59. The van der Waals surface area contributed by atoms with Gasteiger partial charge in [-0.05, 0) is 24.6 Å². The summed E-state index contributed by atoms with van der Waals surface area (Å²) in [6.07, 6.45) is 0. The Labute approximate surface area is 115 Å². The van der Waals surface area contributed by atoms with Gasteiger partial charge in [0.05, 0.1) is 17.3 Å². The number of amides is 2. The van der Waals surface area contributed by atoms with Gasteiger partial charge >= 0.3 is 12.0 Å². The first-order chi connectivity index (χ1) is 8.99. The Morgan fingerprint density at radius 2 is 2.16 bits per heavy atom. The SMILES string of the molecule is Cc1ccc(NC(=O)NCCOCC(=O)O)c(Cl)c1. The van der Waals surface area contributed by atoms with E-state index >= 15 is 0 Å². The van der Waals surface area contributed by atoms with Crippen LogP contribution in [0.15, 0.2) is 18.2 Å². The van der Waals surface area contributed by atoms with Crippen LogP contribution in [-0.2, 0) is 9.53 Å². The van der Waals surface area contributed by atoms with Crippen molar-refractivity contribution < 1.29 is 19.4 Å². The number of anilines is 1. The fourth-order valence-electron chi connectivity index (χ4n) is 1.28. The summed E-state index contributed by atoms with van der Waals surface area (Å²) < 4.78 is 4.77. The van der Waals surface area contributed by atoms with Gasteiger partial charge in [-0.2, -0.15) is 0 Å². The highest BCUT2D eigenvalue weighted by molar-refractivity contribution is 6.33. The van der Waals surface area contributed by atoms with Gasteiger partial charge < -0.3 is 20.5 Å². The van der Waals surface area contributed by atoms with Crippen molar-refractivity contribution in [3.05, 3.63) is 28.8 Å². The number of ether oxygens (including phenoxy) is 1. The first-order valence-corrected chi connectivity index (χ1v) is 5.97. The summed E-state index contributed by atoms with van der Waals surface area (Å²) in [5, 5.41) is 13.9. The number of urea groups is 1. The van der Waals surface area contributed by atoms with Crippen LogP contribution < -0.4 is 10.6 Å². The predicted molar refractivity (Wildman–Crippen MR) is 71.7 cm³/mol. The van der Waals surface area contributed by atoms with Crippen molar-refractivity contribution in [3.63, 3.8) is 0 Å². The molecule has 0 aromatic heterocycles. The van der Waals surface area contributed by atoms with Gasteiger partial charge in [0.25, 0.3) is 0 Å². The highest BCUT2D eigenvalue weighted by atomic mass is 35.5. The molecule has 1 aromatic carbocycles. The summed E-state index contributed by atoms with van der Waals surface area (Å²) in [7, 11) is 0. The average Bonchev–Trinajstić information content (AvgIpc) is 2.32. The number of carboxylic acids is 1. The molecule has 0 unspecified atom stereocenters. The van der Waals surface area contributed by atoms with Crippen molar-refractivity contribution in [2.75, 3.05) is 25.1 Å². The van der Waals surface area contributed by atoms with E-state index < -0.39 is 12.0 Å². The van der Waals surface area contributed by atoms with Crippen LogP contribution in [0.5, 0.6) is 0 Å². The molecule has 104 valence electrons. The Hall–Kier alpha value is -1.79. The molecule has 3 N–H and O–H groups in total. The lowest BCUT2D eigenvalue weighted by Crippen LogP contribution is -2.32. The molecule has 0 aliphatic carbocycles. The molecule has 0 bridgehead atoms. The molecule has 0 heterocycles. The average molecular weight is 287 g/mol. The molecule has 0 saturated carbocycles. The lowest BCUT2D eigenvalue weighted by molar-refractivity contribution is -0.142. The van der Waals surface area contributed by atoms with Crippen LogP contribution in [0.2, 0.25) is 5.02 Å². The maximum absolute atomic E-state index is 11.5. The van der Waals surface area contributed by atoms with Gasteiger partial charge in [0.15, 0.2) is 0 Å². The monoisotopic (exact) mass is 286 g/mol. The van der Waals surface area contributed by atoms with E-state index in [2.05, 4.69) is 10.6 Å². The van der Waals surface area contributed by atoms with E-state index in [1.165, 1.54) is 0 Å². The van der Waals surface area contributed by atoms with E-state index in [-0.39, 0.29) is 19.8 Å². The summed E-state index contributed by atoms with van der Waals surface area (Å²) in [6.45, 7) is 1.85. The summed E-state index contributed by atoms with van der Waals surface area (Å²) in [6, 6.07) is 4.85. The van der Waals surface area contributed by atoms with Crippen molar-refractivity contribution in [2.45, 2.75) is 6.92 Å². The van der Waals surface area contributed by atoms with Crippen LogP contribution in [0.25, 0.3) is 0 Å². The number of hydrogen-bond donors (Lipinski definition) is 3. The molecule has 2 amide bonds. The molecule has 0 aliphatic heterocycles. The zero-order chi connectivity index (χ0) is 14.3. The molecule has 1 rings (SSSR count). The van der Waals surface area contributed by atoms with Gasteiger partial charge in [-0.15, -0.1) is 0 Å². The van der Waals surface area contributed by atoms with Crippen LogP contribution >= 0.6 is 11.6 Å². The third-order valence-corrected chi connectivity index (χ3v) is 2.44. The second-order valence-electron chi connectivity index (χ2n) is 3.81. The maximum atomic E-state index is 11.5. The van der Waals surface area contributed by atoms with E-state index in [0.29, 0.717) is 10.7 Å². The molecule has 6 nitrogen and oxygen atoms in total. The number of rotatable bonds is 6. The zero-order valence-corrected chi connectivity index (χ0v) is 11.2. The van der Waals surface area contributed by atoms with Gasteiger partial charge in [0, 0.05) is 6.54 Å². The first kappa shape index (κ1) is 15.3. The van der Waals surface area contributed by atoms with E-state index in [0.717, 1.165) is 5.56 Å². The minimum Gasteiger partial charge on any atom is -0.480 e. The van der Waals surface area contributed by atoms with Crippen molar-refractivity contribution in [1.82, 2.24) is 5.32 Å². The minimum atomic E-state index is -1.05. The third kappa shape index (κ3) is 6.08. The summed E-state index contributed by atoms with van der Waals surface area (Å²) >= 11 is 5.96. The minimum absolute atomic E-state index is 0.126. The molecular weight excluding hydrogens is 272 g/mol. The van der Waals surface area contributed by atoms with Crippen LogP contribution in [0, 0.1) is 6.92 Å². The molecular formula is C12H15ClN2O4. The number of benzene rings is 1. The highest BCUT2D eigenvalue weighted by Gasteiger charge is 2.05. The van der Waals surface area contributed by atoms with E-state index in [9.17, 15) is 9.59 Å². The molecule has 0 radical (unpaired) electrons. The molecule has 0 aliphatic rings. The lowest BCUT2D eigenvalue weighted by Gasteiger charge is -2.09. The smallest absolute Gasteiger partial charge is 0.329 e. The standard InChI is InChI=1S/C12H15ClN2O4/c1-8-2-3-10(9(13)6-8)15-12(18)14-4-5-19-7-11(16)17/h2-3,6H,4-5,7H2,1H3,(H,16,17)(H2,14,15,18). The maximum Gasteiger partial charge on any atom is 0.329 e. The van der Waals surface area contributed by atoms with Crippen LogP contribution in [0.1, 0.15) is 5.56 Å². The Morgan fingerprint density at radius 3 is 2.79 bits per heavy atom. The van der Waals surface area contributed by atoms with E-state index in [1.807, 2.05) is 13.0 Å². The number of hydrogen-bond acceptors (Lipinski definition) is 3. The summed E-state index contributed by atoms with van der Waals surface area (Å²) in [4.78, 5) is 21.7. The molecule has 0 fully saturated rings. The Bertz CT molecular complexity index is 465. The molecule has 19 heavy (non-hydrogen) atoms. The zero-order valence-electron chi connectivity index (χ0n) is 10.4. The lowest BCUT2D eigenvalue weighted by atomic mass is 10.2. The van der Waals surface area contributed by atoms with Crippen LogP contribution in [0.4, 0.5) is 10.5 Å². The van der Waals surface area contributed by atoms with Crippen molar-refractivity contribution in [3.8, 4) is 0 Å². The third-order valence-electron chi connectivity index (χ3n) is 2.13. The molecule has 0 atom stereocenters. The Balaban J connectivity index is 2.29. The van der Waals surface area contributed by atoms with Gasteiger partial charge in [0.1, 0.15) is 6.61 Å². The van der Waals surface area contributed by atoms with Crippen molar-refractivity contribution in [2.24, 2.45) is 0 Å². The van der Waals surface area contributed by atoms with E-state index in [4.69, 9.17) is 21.4 Å². The second-order valence-corrected chi connectivity index (χ2v) is 4.22. The fourth-order valence-corrected chi connectivity index (χ4v) is 1.57. The molecule has 0 spiro atoms. The van der Waals surface area contributed by atoms with E-state index in [1.54, 1.807) is 12.1 Å². The quantitative estimate of drug-likeness (QED) is 0.697. The number of carboxylic acid groups (broad SMARTS) is 1. The largest absolute Gasteiger partial charge is 0.480 e. The fraction of sp³-hybridized carbons (Fsp3) is 0.333. The number of aliphatic carboxylic acids is 1. The Kier molecular flexibility index (Phi) is 6.11. The number of aryl methyl sites for hydroxylation is 1. The summed E-state index contributed by atoms with van der Waals surface area (Å²) in [5.74, 6) is -1.05. The Morgan fingerprint density at radius 1 is 1.42 bits per heavy atom. The van der Waals surface area contributed by atoms with Gasteiger partial charge in [-0.1, -0.05) is 17.7 Å². The van der Waals surface area contributed by atoms with Gasteiger partial charge in [0.2, 0.25) is 0 Å². The second kappa shape index (κ2) is 7.60. The van der Waals surface area contributed by atoms with Crippen LogP contribution in [-0.4, -0.2) is 36.9 Å². The number of nitrogens with one attached hydrogen (secondary N) is 2. The van der Waals surface area contributed by atoms with Gasteiger partial charge in [-0.25, -0.2) is 9.59 Å². The van der Waals surface area contributed by atoms with Gasteiger partial charge in [-0.3, -0.25) is 0 Å². The molecule has 0 saturated heterocycles. The number of carbonyl (C=O) groups is 2. The van der Waals surface area contributed by atoms with Crippen molar-refractivity contribution in [1.29, 1.82) is 0 Å². The summed E-state index contributed by atoms with van der Waals surface area (Å²) in [5.41, 5.74) is 1.51. The number of carbonyl (C=O) groups excluding carboxylic acids is 1. The topological polar surface area (TPSA) is 87.7 Å². The van der Waals surface area contributed by atoms with Crippen LogP contribution in [0.3, 0.4) is 0 Å². The predicted octanol–water partition coefficient (Wildman–Crippen LogP) is 1.87.